The summed E-state index contributed by atoms with van der Waals surface area (Å²) in [4.78, 5) is 0. The summed E-state index contributed by atoms with van der Waals surface area (Å²) in [5.41, 5.74) is 2.06. The fraction of sp³-hybridized carbons (Fsp3) is 0.429. The zero-order chi connectivity index (χ0) is 11.8. The molecule has 0 aliphatic heterocycles. The molecule has 0 saturated carbocycles. The molecular weight excluding hydrogens is 557 g/mol. The van der Waals surface area contributed by atoms with E-state index in [9.17, 15) is 8.42 Å². The number of halogens is 3. The van der Waals surface area contributed by atoms with Crippen LogP contribution < -0.4 is 3.53 Å². The molecule has 1 aromatic rings. The zero-order valence-electron chi connectivity index (χ0n) is 8.01. The molecule has 0 atom stereocenters. The van der Waals surface area contributed by atoms with Crippen LogP contribution in [-0.2, 0) is 16.6 Å². The predicted octanol–water partition coefficient (Wildman–Crippen LogP) is 2.25. The number of aromatic nitrogens is 1. The molecule has 0 aromatic carbocycles. The highest BCUT2D eigenvalue weighted by atomic mass is 127. The Morgan fingerprint density at radius 2 is 1.87 bits per heavy atom. The van der Waals surface area contributed by atoms with Gasteiger partial charge in [0.2, 0.25) is 10.0 Å². The van der Waals surface area contributed by atoms with E-state index in [4.69, 9.17) is 0 Å². The zero-order valence-corrected chi connectivity index (χ0v) is 15.3. The lowest BCUT2D eigenvalue weighted by molar-refractivity contribution is 0.591. The van der Waals surface area contributed by atoms with Crippen molar-refractivity contribution in [1.82, 2.24) is 7.50 Å². The molecule has 0 spiro atoms. The Morgan fingerprint density at radius 1 is 1.33 bits per heavy atom. The summed E-state index contributed by atoms with van der Waals surface area (Å²) in [6.45, 7) is 2.61. The van der Waals surface area contributed by atoms with Crippen molar-refractivity contribution in [3.8, 4) is 0 Å². The highest BCUT2D eigenvalue weighted by molar-refractivity contribution is 14.1. The Labute approximate surface area is 130 Å². The van der Waals surface area contributed by atoms with E-state index in [2.05, 4.69) is 71.6 Å². The van der Waals surface area contributed by atoms with E-state index in [0.717, 1.165) is 18.5 Å². The summed E-state index contributed by atoms with van der Waals surface area (Å²) < 4.78 is 29.1. The molecule has 0 unspecified atom stereocenters. The molecule has 0 aliphatic carbocycles. The maximum Gasteiger partial charge on any atom is 0.237 e. The fourth-order valence-electron chi connectivity index (χ4n) is 1.20. The summed E-state index contributed by atoms with van der Waals surface area (Å²) in [6, 6.07) is 0. The van der Waals surface area contributed by atoms with Gasteiger partial charge >= 0.3 is 0 Å². The molecule has 8 heteroatoms. The Kier molecular flexibility index (Phi) is 5.15. The SMILES string of the molecule is Cc1c(CNI)c(I)n(S(C)(=O)=O)c1I. The van der Waals surface area contributed by atoms with Crippen LogP contribution in [0.5, 0.6) is 0 Å². The molecule has 0 bridgehead atoms. The summed E-state index contributed by atoms with van der Waals surface area (Å²) >= 11 is 6.19. The minimum atomic E-state index is -3.21. The van der Waals surface area contributed by atoms with E-state index in [-0.39, 0.29) is 0 Å². The van der Waals surface area contributed by atoms with E-state index in [1.54, 1.807) is 0 Å². The van der Waals surface area contributed by atoms with Crippen LogP contribution in [0.2, 0.25) is 0 Å². The van der Waals surface area contributed by atoms with Gasteiger partial charge in [-0.2, -0.15) is 0 Å². The van der Waals surface area contributed by atoms with Crippen LogP contribution in [0.3, 0.4) is 0 Å². The smallest absolute Gasteiger partial charge is 0.237 e. The van der Waals surface area contributed by atoms with Gasteiger partial charge in [-0.3, -0.25) is 3.53 Å². The molecule has 0 amide bonds. The molecule has 1 heterocycles. The van der Waals surface area contributed by atoms with Crippen molar-refractivity contribution in [1.29, 1.82) is 0 Å². The predicted molar refractivity (Wildman–Crippen MR) is 85.7 cm³/mol. The minimum absolute atomic E-state index is 0.670. The maximum atomic E-state index is 11.6. The van der Waals surface area contributed by atoms with Crippen LogP contribution in [0.1, 0.15) is 11.1 Å². The molecule has 0 aliphatic rings. The third-order valence-electron chi connectivity index (χ3n) is 1.94. The molecular formula is C7H9I3N2O2S. The van der Waals surface area contributed by atoms with Crippen LogP contribution in [-0.4, -0.2) is 18.6 Å². The van der Waals surface area contributed by atoms with Crippen molar-refractivity contribution in [2.45, 2.75) is 13.5 Å². The van der Waals surface area contributed by atoms with Gasteiger partial charge in [0.25, 0.3) is 0 Å². The Morgan fingerprint density at radius 3 is 2.20 bits per heavy atom. The van der Waals surface area contributed by atoms with Gasteiger partial charge in [-0.05, 0) is 57.7 Å². The quantitative estimate of drug-likeness (QED) is 0.452. The second kappa shape index (κ2) is 5.35. The van der Waals surface area contributed by atoms with Crippen LogP contribution in [0.25, 0.3) is 0 Å². The van der Waals surface area contributed by atoms with Gasteiger partial charge in [-0.15, -0.1) is 0 Å². The van der Waals surface area contributed by atoms with Crippen molar-refractivity contribution < 1.29 is 8.42 Å². The lowest BCUT2D eigenvalue weighted by atomic mass is 10.2. The molecule has 1 rings (SSSR count). The van der Waals surface area contributed by atoms with E-state index >= 15 is 0 Å². The largest absolute Gasteiger partial charge is 0.257 e. The third-order valence-corrected chi connectivity index (χ3v) is 6.43. The van der Waals surface area contributed by atoms with Crippen LogP contribution >= 0.6 is 68.0 Å². The van der Waals surface area contributed by atoms with E-state index in [0.29, 0.717) is 6.54 Å². The van der Waals surface area contributed by atoms with Crippen LogP contribution in [0.15, 0.2) is 0 Å². The fourth-order valence-corrected chi connectivity index (χ4v) is 6.43. The lowest BCUT2D eigenvalue weighted by Crippen LogP contribution is -2.14. The van der Waals surface area contributed by atoms with Gasteiger partial charge in [0.1, 0.15) is 3.70 Å². The number of hydrogen-bond acceptors (Lipinski definition) is 3. The highest BCUT2D eigenvalue weighted by Gasteiger charge is 2.21. The molecule has 1 N–H and O–H groups in total. The Bertz CT molecular complexity index is 481. The summed E-state index contributed by atoms with van der Waals surface area (Å²) in [7, 11) is -3.21. The lowest BCUT2D eigenvalue weighted by Gasteiger charge is -2.03. The van der Waals surface area contributed by atoms with Crippen molar-refractivity contribution in [3.63, 3.8) is 0 Å². The van der Waals surface area contributed by atoms with Gasteiger partial charge in [-0.25, -0.2) is 12.4 Å². The van der Waals surface area contributed by atoms with Crippen molar-refractivity contribution in [2.24, 2.45) is 0 Å². The van der Waals surface area contributed by atoms with Gasteiger partial charge < -0.3 is 0 Å². The molecule has 1 aromatic heterocycles. The second-order valence-electron chi connectivity index (χ2n) is 3.02. The van der Waals surface area contributed by atoms with Gasteiger partial charge in [0.15, 0.2) is 0 Å². The molecule has 0 fully saturated rings. The average Bonchev–Trinajstić information content (AvgIpc) is 2.29. The molecule has 4 nitrogen and oxygen atoms in total. The molecule has 0 radical (unpaired) electrons. The highest BCUT2D eigenvalue weighted by Crippen LogP contribution is 2.27. The normalized spacial score (nSPS) is 12.1. The van der Waals surface area contributed by atoms with E-state index in [1.807, 2.05) is 6.92 Å². The van der Waals surface area contributed by atoms with Crippen molar-refractivity contribution in [3.05, 3.63) is 18.5 Å². The van der Waals surface area contributed by atoms with Crippen LogP contribution in [0, 0.1) is 14.3 Å². The monoisotopic (exact) mass is 566 g/mol. The molecule has 15 heavy (non-hydrogen) atoms. The molecule has 0 saturated heterocycles. The summed E-state index contributed by atoms with van der Waals surface area (Å²) in [5, 5.41) is 0. The van der Waals surface area contributed by atoms with Crippen molar-refractivity contribution >= 4 is 78.1 Å². The minimum Gasteiger partial charge on any atom is -0.257 e. The van der Waals surface area contributed by atoms with E-state index in [1.165, 1.54) is 10.2 Å². The standard InChI is InChI=1S/C7H9I3N2O2S/c1-4-5(3-11-10)7(9)12(6(4)8)15(2,13)14/h11H,3H2,1-2H3. The summed E-state index contributed by atoms with van der Waals surface area (Å²) in [6.07, 6.45) is 1.22. The van der Waals surface area contributed by atoms with Crippen molar-refractivity contribution in [2.75, 3.05) is 6.26 Å². The maximum absolute atomic E-state index is 11.6. The first-order valence-corrected chi connectivity index (χ1v) is 8.98. The van der Waals surface area contributed by atoms with Gasteiger partial charge in [0, 0.05) is 35.0 Å². The average molecular weight is 566 g/mol. The Hall–Kier alpha value is 1.38. The number of nitrogens with one attached hydrogen (secondary N) is 1. The topological polar surface area (TPSA) is 51.1 Å². The number of hydrogen-bond donors (Lipinski definition) is 1. The molecule has 86 valence electrons. The van der Waals surface area contributed by atoms with E-state index < -0.39 is 10.0 Å². The first-order valence-electron chi connectivity index (χ1n) is 3.90. The van der Waals surface area contributed by atoms with Crippen LogP contribution in [0.4, 0.5) is 0 Å². The first kappa shape index (κ1) is 14.4. The first-order chi connectivity index (χ1) is 6.80. The van der Waals surface area contributed by atoms with Gasteiger partial charge in [0.05, 0.1) is 9.96 Å². The Balaban J connectivity index is 3.50. The summed E-state index contributed by atoms with van der Waals surface area (Å²) in [5.74, 6) is 0. The third kappa shape index (κ3) is 2.98. The number of nitrogens with zero attached hydrogens (tertiary/aromatic N) is 1. The second-order valence-corrected chi connectivity index (χ2v) is 7.66. The number of rotatable bonds is 3. The van der Waals surface area contributed by atoms with Gasteiger partial charge in [-0.1, -0.05) is 0 Å².